The lowest BCUT2D eigenvalue weighted by atomic mass is 10.1. The van der Waals surface area contributed by atoms with Crippen LogP contribution in [-0.4, -0.2) is 0 Å². The van der Waals surface area contributed by atoms with E-state index in [0.717, 1.165) is 38.5 Å². The Labute approximate surface area is 188 Å². The maximum Gasteiger partial charge on any atom is 0.161 e. The van der Waals surface area contributed by atoms with E-state index >= 15 is 0 Å². The van der Waals surface area contributed by atoms with Crippen LogP contribution in [0, 0.1) is 0 Å². The quantitative estimate of drug-likeness (QED) is 0.316. The lowest BCUT2D eigenvalue weighted by Gasteiger charge is -2.14. The Bertz CT molecular complexity index is 847. The van der Waals surface area contributed by atoms with Crippen molar-refractivity contribution in [1.29, 1.82) is 0 Å². The molecule has 0 aromatic rings. The first-order valence-corrected chi connectivity index (χ1v) is 12.7. The Morgan fingerprint density at radius 3 is 2.23 bits per heavy atom. The van der Waals surface area contributed by atoms with Crippen molar-refractivity contribution < 1.29 is 0 Å². The van der Waals surface area contributed by atoms with Gasteiger partial charge in [0.15, 0.2) is 4.91 Å². The van der Waals surface area contributed by atoms with Crippen LogP contribution in [0.5, 0.6) is 0 Å². The molecule has 0 saturated carbocycles. The SMILES string of the molecule is CC.CC1=CC=C([S+](/C2=C\CCC=C(C)C=C2)/C2=C/C=C(/C)CC=CCC2)CC=C1. The van der Waals surface area contributed by atoms with Gasteiger partial charge in [-0.25, -0.2) is 0 Å². The molecule has 1 heteroatoms. The Morgan fingerprint density at radius 2 is 1.40 bits per heavy atom. The highest BCUT2D eigenvalue weighted by atomic mass is 32.2. The summed E-state index contributed by atoms with van der Waals surface area (Å²) in [5, 5.41) is 0. The molecule has 1 atom stereocenters. The lowest BCUT2D eigenvalue weighted by molar-refractivity contribution is 1.02. The van der Waals surface area contributed by atoms with E-state index in [1.807, 2.05) is 13.8 Å². The van der Waals surface area contributed by atoms with Gasteiger partial charge < -0.3 is 0 Å². The maximum absolute atomic E-state index is 2.48. The van der Waals surface area contributed by atoms with Crippen molar-refractivity contribution in [2.75, 3.05) is 0 Å². The van der Waals surface area contributed by atoms with Crippen LogP contribution < -0.4 is 0 Å². The topological polar surface area (TPSA) is 0 Å². The molecule has 0 N–H and O–H groups in total. The monoisotopic (exact) mass is 419 g/mol. The highest BCUT2D eigenvalue weighted by molar-refractivity contribution is 8.07. The molecule has 0 radical (unpaired) electrons. The molecule has 1 unspecified atom stereocenters. The second-order valence-electron chi connectivity index (χ2n) is 7.78. The summed E-state index contributed by atoms with van der Waals surface area (Å²) in [6.45, 7) is 10.6. The summed E-state index contributed by atoms with van der Waals surface area (Å²) in [5.41, 5.74) is 4.15. The molecule has 0 aromatic carbocycles. The summed E-state index contributed by atoms with van der Waals surface area (Å²) >= 11 is 0. The third-order valence-electron chi connectivity index (χ3n) is 5.20. The molecule has 0 heterocycles. The van der Waals surface area contributed by atoms with Crippen molar-refractivity contribution in [3.63, 3.8) is 0 Å². The van der Waals surface area contributed by atoms with Crippen LogP contribution in [0.15, 0.2) is 104 Å². The number of allylic oxidation sites excluding steroid dienone is 17. The van der Waals surface area contributed by atoms with E-state index in [-0.39, 0.29) is 10.9 Å². The molecular weight excluding hydrogens is 380 g/mol. The van der Waals surface area contributed by atoms with E-state index < -0.39 is 0 Å². The fourth-order valence-corrected chi connectivity index (χ4v) is 5.96. The first kappa shape index (κ1) is 24.3. The zero-order valence-corrected chi connectivity index (χ0v) is 20.4. The number of hydrogen-bond acceptors (Lipinski definition) is 0. The molecule has 0 nitrogen and oxygen atoms in total. The van der Waals surface area contributed by atoms with Gasteiger partial charge in [0.2, 0.25) is 0 Å². The van der Waals surface area contributed by atoms with Crippen LogP contribution in [0.25, 0.3) is 0 Å². The second kappa shape index (κ2) is 13.3. The Hall–Kier alpha value is -1.99. The van der Waals surface area contributed by atoms with Gasteiger partial charge in [0, 0.05) is 12.8 Å². The molecule has 0 aromatic heterocycles. The standard InChI is InChI=1S/C27H33S.C2H6/c1-22-10-5-4-6-13-25(19-16-22)28(27-15-9-12-24(3)18-21-27)26-14-8-7-11-23(2)17-20-26;1-2/h4-5,9,11-12,14,16-21H,6-8,10,13,15H2,1-3H3;1-2H3/q+1;/b5-4?,20-17?,22-16-,23-11?,25-19+,26-14-;. The summed E-state index contributed by atoms with van der Waals surface area (Å²) in [4.78, 5) is 4.59. The van der Waals surface area contributed by atoms with Gasteiger partial charge in [-0.15, -0.1) is 0 Å². The Morgan fingerprint density at radius 1 is 0.633 bits per heavy atom. The zero-order valence-electron chi connectivity index (χ0n) is 19.6. The van der Waals surface area contributed by atoms with Gasteiger partial charge >= 0.3 is 0 Å². The largest absolute Gasteiger partial charge is 0.161 e. The second-order valence-corrected chi connectivity index (χ2v) is 9.91. The molecule has 3 aliphatic rings. The van der Waals surface area contributed by atoms with E-state index in [9.17, 15) is 0 Å². The minimum Gasteiger partial charge on any atom is -0.0877 e. The van der Waals surface area contributed by atoms with Crippen molar-refractivity contribution in [3.05, 3.63) is 104 Å². The van der Waals surface area contributed by atoms with E-state index in [1.165, 1.54) is 26.5 Å². The summed E-state index contributed by atoms with van der Waals surface area (Å²) in [6.07, 6.45) is 34.8. The van der Waals surface area contributed by atoms with E-state index in [1.54, 1.807) is 4.91 Å². The summed E-state index contributed by atoms with van der Waals surface area (Å²) < 4.78 is 0. The average Bonchev–Trinajstić information content (AvgIpc) is 2.88. The van der Waals surface area contributed by atoms with Gasteiger partial charge in [0.25, 0.3) is 0 Å². The molecule has 0 bridgehead atoms. The summed E-state index contributed by atoms with van der Waals surface area (Å²) in [7, 11) is 0.00991. The van der Waals surface area contributed by atoms with Gasteiger partial charge in [-0.05, 0) is 70.8 Å². The van der Waals surface area contributed by atoms with Crippen LogP contribution >= 0.6 is 0 Å². The minimum absolute atomic E-state index is 0.00991. The number of rotatable bonds is 3. The first-order valence-electron chi connectivity index (χ1n) is 11.5. The van der Waals surface area contributed by atoms with Gasteiger partial charge in [-0.2, -0.15) is 0 Å². The molecule has 3 aliphatic carbocycles. The van der Waals surface area contributed by atoms with Gasteiger partial charge in [-0.3, -0.25) is 0 Å². The van der Waals surface area contributed by atoms with E-state index in [4.69, 9.17) is 0 Å². The zero-order chi connectivity index (χ0) is 21.8. The molecule has 0 fully saturated rings. The fraction of sp³-hybridized carbons (Fsp3) is 0.379. The van der Waals surface area contributed by atoms with E-state index in [2.05, 4.69) is 93.7 Å². The van der Waals surface area contributed by atoms with Crippen molar-refractivity contribution in [2.45, 2.75) is 73.1 Å². The molecule has 160 valence electrons. The summed E-state index contributed by atoms with van der Waals surface area (Å²) in [5.74, 6) is 0. The molecule has 3 rings (SSSR count). The molecule has 30 heavy (non-hydrogen) atoms. The van der Waals surface area contributed by atoms with Crippen LogP contribution in [0.3, 0.4) is 0 Å². The lowest BCUT2D eigenvalue weighted by Crippen LogP contribution is -2.11. The molecule has 0 saturated heterocycles. The van der Waals surface area contributed by atoms with Gasteiger partial charge in [0.1, 0.15) is 9.81 Å². The van der Waals surface area contributed by atoms with Gasteiger partial charge in [0.05, 0.1) is 10.9 Å². The minimum atomic E-state index is 0.00991. The number of hydrogen-bond donors (Lipinski definition) is 0. The third kappa shape index (κ3) is 7.69. The average molecular weight is 420 g/mol. The highest BCUT2D eigenvalue weighted by Crippen LogP contribution is 2.36. The third-order valence-corrected chi connectivity index (χ3v) is 7.66. The predicted octanol–water partition coefficient (Wildman–Crippen LogP) is 9.17. The molecule has 0 aliphatic heterocycles. The van der Waals surface area contributed by atoms with Crippen molar-refractivity contribution in [1.82, 2.24) is 0 Å². The Balaban J connectivity index is 0.00000155. The van der Waals surface area contributed by atoms with Crippen LogP contribution in [0.4, 0.5) is 0 Å². The van der Waals surface area contributed by atoms with E-state index in [0.29, 0.717) is 0 Å². The normalized spacial score (nSPS) is 25.9. The Kier molecular flexibility index (Phi) is 10.8. The highest BCUT2D eigenvalue weighted by Gasteiger charge is 2.33. The van der Waals surface area contributed by atoms with Crippen molar-refractivity contribution >= 4 is 10.9 Å². The molecular formula is C29H39S+. The fourth-order valence-electron chi connectivity index (χ4n) is 3.54. The summed E-state index contributed by atoms with van der Waals surface area (Å²) in [6, 6.07) is 0. The molecule has 0 amide bonds. The molecule has 0 spiro atoms. The van der Waals surface area contributed by atoms with Crippen molar-refractivity contribution in [2.24, 2.45) is 0 Å². The van der Waals surface area contributed by atoms with Crippen LogP contribution in [0.2, 0.25) is 0 Å². The van der Waals surface area contributed by atoms with Gasteiger partial charge in [-0.1, -0.05) is 79.2 Å². The van der Waals surface area contributed by atoms with Crippen LogP contribution in [-0.2, 0) is 10.9 Å². The maximum atomic E-state index is 2.48. The first-order chi connectivity index (χ1) is 14.6. The van der Waals surface area contributed by atoms with Crippen LogP contribution in [0.1, 0.15) is 73.1 Å². The smallest absolute Gasteiger partial charge is 0.0877 e. The predicted molar refractivity (Wildman–Crippen MR) is 139 cm³/mol. The van der Waals surface area contributed by atoms with Crippen molar-refractivity contribution in [3.8, 4) is 0 Å².